The Hall–Kier alpha value is -0.520. The molecule has 15 heavy (non-hydrogen) atoms. The number of hydrogen-bond acceptors (Lipinski definition) is 2. The first-order valence-electron chi connectivity index (χ1n) is 3.93. The molecule has 7 heteroatoms. The summed E-state index contributed by atoms with van der Waals surface area (Å²) in [6.07, 6.45) is -3.68. The van der Waals surface area contributed by atoms with Gasteiger partial charge >= 0.3 is 6.18 Å². The number of halogens is 5. The van der Waals surface area contributed by atoms with Gasteiger partial charge in [-0.3, -0.25) is 4.98 Å². The van der Waals surface area contributed by atoms with Crippen molar-refractivity contribution in [2.75, 3.05) is 0 Å². The van der Waals surface area contributed by atoms with Crippen molar-refractivity contribution in [3.63, 3.8) is 0 Å². The average Bonchev–Trinajstić information content (AvgIpc) is 2.08. The van der Waals surface area contributed by atoms with Crippen LogP contribution in [0, 0.1) is 0 Å². The molecule has 2 N–H and O–H groups in total. The van der Waals surface area contributed by atoms with Crippen molar-refractivity contribution in [1.29, 1.82) is 0 Å². The molecule has 1 aromatic heterocycles. The summed E-state index contributed by atoms with van der Waals surface area (Å²) in [5, 5.41) is 0.353. The highest BCUT2D eigenvalue weighted by Gasteiger charge is 2.37. The number of aromatic nitrogens is 1. The van der Waals surface area contributed by atoms with Gasteiger partial charge in [0.15, 0.2) is 0 Å². The minimum absolute atomic E-state index is 0.0854. The van der Waals surface area contributed by atoms with Gasteiger partial charge in [0, 0.05) is 12.6 Å². The number of rotatable bonds is 2. The van der Waals surface area contributed by atoms with Crippen LogP contribution >= 0.6 is 23.2 Å². The molecule has 84 valence electrons. The van der Waals surface area contributed by atoms with Gasteiger partial charge in [0.05, 0.1) is 15.7 Å². The summed E-state index contributed by atoms with van der Waals surface area (Å²) in [4.78, 5) is 3.69. The third-order valence-corrected chi connectivity index (χ3v) is 2.25. The standard InChI is InChI=1S/C8H7Cl2F3N2/c9-4-1-5(10)6(15-3-4)2-7(14)8(11,12)13/h1,3,7H,2,14H2. The second-order valence-electron chi connectivity index (χ2n) is 2.93. The van der Waals surface area contributed by atoms with Crippen LogP contribution < -0.4 is 5.73 Å². The number of pyridine rings is 1. The molecule has 1 heterocycles. The van der Waals surface area contributed by atoms with E-state index in [-0.39, 0.29) is 15.7 Å². The van der Waals surface area contributed by atoms with Gasteiger partial charge in [0.1, 0.15) is 6.04 Å². The van der Waals surface area contributed by atoms with E-state index in [1.54, 1.807) is 0 Å². The first-order chi connectivity index (χ1) is 6.80. The monoisotopic (exact) mass is 258 g/mol. The Bertz CT molecular complexity index is 354. The van der Waals surface area contributed by atoms with Crippen molar-refractivity contribution in [1.82, 2.24) is 4.98 Å². The van der Waals surface area contributed by atoms with Crippen LogP contribution in [0.25, 0.3) is 0 Å². The summed E-state index contributed by atoms with van der Waals surface area (Å²) in [5.41, 5.74) is 5.02. The smallest absolute Gasteiger partial charge is 0.320 e. The van der Waals surface area contributed by atoms with Crippen molar-refractivity contribution < 1.29 is 13.2 Å². The molecule has 0 radical (unpaired) electrons. The molecule has 0 amide bonds. The normalized spacial score (nSPS) is 14.0. The molecule has 1 atom stereocenters. The van der Waals surface area contributed by atoms with E-state index in [1.165, 1.54) is 12.3 Å². The first-order valence-corrected chi connectivity index (χ1v) is 4.68. The summed E-state index contributed by atoms with van der Waals surface area (Å²) in [5.74, 6) is 0. The topological polar surface area (TPSA) is 38.9 Å². The van der Waals surface area contributed by atoms with Crippen LogP contribution in [0.2, 0.25) is 10.0 Å². The molecule has 0 saturated carbocycles. The van der Waals surface area contributed by atoms with E-state index >= 15 is 0 Å². The molecule has 1 aromatic rings. The summed E-state index contributed by atoms with van der Waals surface area (Å²) in [7, 11) is 0. The number of alkyl halides is 3. The second-order valence-corrected chi connectivity index (χ2v) is 3.78. The molecular weight excluding hydrogens is 252 g/mol. The highest BCUT2D eigenvalue weighted by atomic mass is 35.5. The zero-order valence-electron chi connectivity index (χ0n) is 7.35. The van der Waals surface area contributed by atoms with Gasteiger partial charge in [-0.05, 0) is 6.07 Å². The van der Waals surface area contributed by atoms with Gasteiger partial charge in [-0.25, -0.2) is 0 Å². The Balaban J connectivity index is 2.82. The van der Waals surface area contributed by atoms with Crippen molar-refractivity contribution >= 4 is 23.2 Å². The summed E-state index contributed by atoms with van der Waals surface area (Å²) >= 11 is 11.2. The zero-order chi connectivity index (χ0) is 11.6. The molecule has 1 unspecified atom stereocenters. The first kappa shape index (κ1) is 12.5. The Morgan fingerprint density at radius 2 is 2.00 bits per heavy atom. The lowest BCUT2D eigenvalue weighted by Gasteiger charge is -2.15. The van der Waals surface area contributed by atoms with Crippen molar-refractivity contribution in [3.8, 4) is 0 Å². The van der Waals surface area contributed by atoms with E-state index in [1.807, 2.05) is 0 Å². The van der Waals surface area contributed by atoms with Crippen LogP contribution in [-0.2, 0) is 6.42 Å². The Kier molecular flexibility index (Phi) is 3.81. The largest absolute Gasteiger partial charge is 0.404 e. The van der Waals surface area contributed by atoms with Crippen molar-refractivity contribution in [3.05, 3.63) is 28.0 Å². The lowest BCUT2D eigenvalue weighted by molar-refractivity contribution is -0.147. The maximum atomic E-state index is 12.1. The third-order valence-electron chi connectivity index (χ3n) is 1.72. The second kappa shape index (κ2) is 4.55. The Morgan fingerprint density at radius 3 is 2.47 bits per heavy atom. The number of nitrogens with zero attached hydrogens (tertiary/aromatic N) is 1. The molecule has 0 saturated heterocycles. The zero-order valence-corrected chi connectivity index (χ0v) is 8.87. The summed E-state index contributed by atoms with van der Waals surface area (Å²) in [6.45, 7) is 0. The minimum atomic E-state index is -4.45. The Labute approximate surface area is 94.2 Å². The fraction of sp³-hybridized carbons (Fsp3) is 0.375. The van der Waals surface area contributed by atoms with Gasteiger partial charge in [-0.1, -0.05) is 23.2 Å². The quantitative estimate of drug-likeness (QED) is 0.886. The van der Waals surface area contributed by atoms with Gasteiger partial charge in [0.2, 0.25) is 0 Å². The molecule has 0 spiro atoms. The van der Waals surface area contributed by atoms with Crippen LogP contribution in [0.15, 0.2) is 12.3 Å². The van der Waals surface area contributed by atoms with E-state index in [0.29, 0.717) is 0 Å². The molecule has 0 fully saturated rings. The highest BCUT2D eigenvalue weighted by Crippen LogP contribution is 2.24. The SMILES string of the molecule is NC(Cc1ncc(Cl)cc1Cl)C(F)(F)F. The van der Waals surface area contributed by atoms with E-state index in [2.05, 4.69) is 4.98 Å². The number of hydrogen-bond donors (Lipinski definition) is 1. The van der Waals surface area contributed by atoms with Gasteiger partial charge < -0.3 is 5.73 Å². The van der Waals surface area contributed by atoms with Gasteiger partial charge in [-0.15, -0.1) is 0 Å². The lowest BCUT2D eigenvalue weighted by atomic mass is 10.1. The van der Waals surface area contributed by atoms with E-state index in [0.717, 1.165) is 0 Å². The molecule has 0 aliphatic rings. The predicted molar refractivity (Wildman–Crippen MR) is 52.0 cm³/mol. The maximum absolute atomic E-state index is 12.1. The predicted octanol–water partition coefficient (Wildman–Crippen LogP) is 2.82. The molecule has 1 rings (SSSR count). The van der Waals surface area contributed by atoms with Crippen LogP contribution in [0.4, 0.5) is 13.2 Å². The van der Waals surface area contributed by atoms with E-state index in [9.17, 15) is 13.2 Å². The maximum Gasteiger partial charge on any atom is 0.404 e. The van der Waals surface area contributed by atoms with Crippen LogP contribution in [0.3, 0.4) is 0 Å². The third kappa shape index (κ3) is 3.52. The van der Waals surface area contributed by atoms with E-state index in [4.69, 9.17) is 28.9 Å². The molecule has 2 nitrogen and oxygen atoms in total. The fourth-order valence-electron chi connectivity index (χ4n) is 0.917. The van der Waals surface area contributed by atoms with Crippen LogP contribution in [0.1, 0.15) is 5.69 Å². The molecular formula is C8H7Cl2F3N2. The lowest BCUT2D eigenvalue weighted by Crippen LogP contribution is -2.39. The van der Waals surface area contributed by atoms with Crippen molar-refractivity contribution in [2.24, 2.45) is 5.73 Å². The van der Waals surface area contributed by atoms with Crippen LogP contribution in [0.5, 0.6) is 0 Å². The average molecular weight is 259 g/mol. The minimum Gasteiger partial charge on any atom is -0.320 e. The highest BCUT2D eigenvalue weighted by molar-refractivity contribution is 6.34. The van der Waals surface area contributed by atoms with Crippen molar-refractivity contribution in [2.45, 2.75) is 18.6 Å². The molecule has 0 aromatic carbocycles. The van der Waals surface area contributed by atoms with Gasteiger partial charge in [-0.2, -0.15) is 13.2 Å². The number of nitrogens with two attached hydrogens (primary N) is 1. The van der Waals surface area contributed by atoms with E-state index < -0.39 is 18.6 Å². The van der Waals surface area contributed by atoms with Crippen LogP contribution in [-0.4, -0.2) is 17.2 Å². The van der Waals surface area contributed by atoms with Gasteiger partial charge in [0.25, 0.3) is 0 Å². The summed E-state index contributed by atoms with van der Waals surface area (Å²) < 4.78 is 36.4. The summed E-state index contributed by atoms with van der Waals surface area (Å²) in [6, 6.07) is -0.641. The fourth-order valence-corrected chi connectivity index (χ4v) is 1.37. The molecule has 0 aliphatic heterocycles. The molecule has 0 aliphatic carbocycles. The molecule has 0 bridgehead atoms. The Morgan fingerprint density at radius 1 is 1.40 bits per heavy atom.